The highest BCUT2D eigenvalue weighted by molar-refractivity contribution is 5.98. The second kappa shape index (κ2) is 6.21. The summed E-state index contributed by atoms with van der Waals surface area (Å²) in [6.07, 6.45) is 1.56. The van der Waals surface area contributed by atoms with Crippen LogP contribution in [0.25, 0.3) is 0 Å². The fourth-order valence-electron chi connectivity index (χ4n) is 1.80. The number of hydrogen-bond donors (Lipinski definition) is 1. The fourth-order valence-corrected chi connectivity index (χ4v) is 1.80. The Kier molecular flexibility index (Phi) is 4.91. The van der Waals surface area contributed by atoms with Crippen molar-refractivity contribution in [3.8, 4) is 0 Å². The first-order chi connectivity index (χ1) is 8.90. The van der Waals surface area contributed by atoms with Crippen molar-refractivity contribution in [1.82, 2.24) is 19.6 Å². The molecule has 0 aliphatic heterocycles. The maximum Gasteiger partial charge on any atom is 0.276 e. The third-order valence-corrected chi connectivity index (χ3v) is 2.89. The summed E-state index contributed by atoms with van der Waals surface area (Å²) in [5.74, 6) is -0.436. The minimum Gasteiger partial charge on any atom is -0.396 e. The number of amides is 2. The molecule has 2 amide bonds. The maximum atomic E-state index is 12.1. The van der Waals surface area contributed by atoms with Gasteiger partial charge in [-0.05, 0) is 13.8 Å². The molecule has 0 aliphatic rings. The number of carbonyl (C=O) groups excluding carboxylic acids is 2. The van der Waals surface area contributed by atoms with Gasteiger partial charge < -0.3 is 15.5 Å². The fraction of sp³-hybridized carbons (Fsp3) is 0.583. The van der Waals surface area contributed by atoms with Gasteiger partial charge in [0, 0.05) is 33.4 Å². The lowest BCUT2D eigenvalue weighted by Crippen LogP contribution is -2.41. The highest BCUT2D eigenvalue weighted by Gasteiger charge is 2.21. The Morgan fingerprint density at radius 1 is 1.37 bits per heavy atom. The van der Waals surface area contributed by atoms with Crippen LogP contribution in [0.2, 0.25) is 0 Å². The number of nitrogens with zero attached hydrogens (tertiary/aromatic N) is 4. The Labute approximate surface area is 113 Å². The number of aryl methyl sites for hydroxylation is 1. The molecule has 19 heavy (non-hydrogen) atoms. The Hall–Kier alpha value is -2.05. The Bertz CT molecular complexity index is 465. The molecule has 0 fully saturated rings. The van der Waals surface area contributed by atoms with Crippen molar-refractivity contribution >= 4 is 17.5 Å². The van der Waals surface area contributed by atoms with Gasteiger partial charge in [0.05, 0.1) is 12.2 Å². The van der Waals surface area contributed by atoms with Crippen molar-refractivity contribution in [2.24, 2.45) is 7.05 Å². The summed E-state index contributed by atoms with van der Waals surface area (Å²) in [5.41, 5.74) is 6.19. The average molecular weight is 267 g/mol. The molecule has 0 aliphatic carbocycles. The monoisotopic (exact) mass is 267 g/mol. The van der Waals surface area contributed by atoms with E-state index in [9.17, 15) is 9.59 Å². The van der Waals surface area contributed by atoms with E-state index >= 15 is 0 Å². The molecule has 7 heteroatoms. The third kappa shape index (κ3) is 3.46. The summed E-state index contributed by atoms with van der Waals surface area (Å²) in [6.45, 7) is 5.09. The zero-order valence-electron chi connectivity index (χ0n) is 11.9. The summed E-state index contributed by atoms with van der Waals surface area (Å²) in [5, 5.41) is 4.00. The van der Waals surface area contributed by atoms with Crippen molar-refractivity contribution in [2.75, 3.05) is 32.4 Å². The third-order valence-electron chi connectivity index (χ3n) is 2.89. The zero-order valence-corrected chi connectivity index (χ0v) is 11.9. The second-order valence-electron chi connectivity index (χ2n) is 4.33. The summed E-state index contributed by atoms with van der Waals surface area (Å²) in [7, 11) is 3.26. The molecule has 1 rings (SSSR count). The van der Waals surface area contributed by atoms with Crippen LogP contribution >= 0.6 is 0 Å². The summed E-state index contributed by atoms with van der Waals surface area (Å²) >= 11 is 0. The molecule has 1 aromatic heterocycles. The van der Waals surface area contributed by atoms with Gasteiger partial charge in [-0.25, -0.2) is 0 Å². The number of nitrogens with two attached hydrogens (primary N) is 1. The molecule has 0 radical (unpaired) electrons. The Morgan fingerprint density at radius 3 is 2.37 bits per heavy atom. The minimum atomic E-state index is -0.349. The number of carbonyl (C=O) groups is 2. The van der Waals surface area contributed by atoms with Gasteiger partial charge in [0.15, 0.2) is 5.69 Å². The van der Waals surface area contributed by atoms with E-state index in [1.165, 1.54) is 9.58 Å². The molecule has 0 aromatic carbocycles. The lowest BCUT2D eigenvalue weighted by Gasteiger charge is -2.22. The number of likely N-dealkylation sites (N-methyl/N-ethyl adjacent to an activating group) is 2. The number of nitrogen functional groups attached to an aromatic ring is 1. The molecule has 0 atom stereocenters. The molecule has 106 valence electrons. The molecule has 0 saturated heterocycles. The van der Waals surface area contributed by atoms with Crippen molar-refractivity contribution in [2.45, 2.75) is 13.8 Å². The van der Waals surface area contributed by atoms with Gasteiger partial charge in [0.2, 0.25) is 5.91 Å². The number of rotatable bonds is 5. The predicted octanol–water partition coefficient (Wildman–Crippen LogP) is -0.0573. The topological polar surface area (TPSA) is 84.5 Å². The van der Waals surface area contributed by atoms with Crippen molar-refractivity contribution in [1.29, 1.82) is 0 Å². The van der Waals surface area contributed by atoms with E-state index in [0.29, 0.717) is 18.8 Å². The van der Waals surface area contributed by atoms with Crippen LogP contribution in [0.3, 0.4) is 0 Å². The first-order valence-corrected chi connectivity index (χ1v) is 6.23. The normalized spacial score (nSPS) is 10.3. The van der Waals surface area contributed by atoms with Crippen LogP contribution in [0, 0.1) is 0 Å². The van der Waals surface area contributed by atoms with Crippen molar-refractivity contribution in [3.05, 3.63) is 11.9 Å². The lowest BCUT2D eigenvalue weighted by atomic mass is 10.3. The van der Waals surface area contributed by atoms with Crippen molar-refractivity contribution in [3.63, 3.8) is 0 Å². The quantitative estimate of drug-likeness (QED) is 0.810. The van der Waals surface area contributed by atoms with Crippen LogP contribution < -0.4 is 5.73 Å². The van der Waals surface area contributed by atoms with Crippen LogP contribution in [0.1, 0.15) is 24.3 Å². The molecule has 0 spiro atoms. The van der Waals surface area contributed by atoms with Crippen LogP contribution in [0.5, 0.6) is 0 Å². The number of aromatic nitrogens is 2. The van der Waals surface area contributed by atoms with Crippen LogP contribution in [-0.4, -0.2) is 58.1 Å². The number of hydrogen-bond acceptors (Lipinski definition) is 4. The molecular weight excluding hydrogens is 246 g/mol. The molecule has 7 nitrogen and oxygen atoms in total. The Balaban J connectivity index is 2.73. The Morgan fingerprint density at radius 2 is 1.95 bits per heavy atom. The van der Waals surface area contributed by atoms with Crippen LogP contribution in [-0.2, 0) is 11.8 Å². The summed E-state index contributed by atoms with van der Waals surface area (Å²) in [6, 6.07) is 0. The molecule has 1 aromatic rings. The lowest BCUT2D eigenvalue weighted by molar-refractivity contribution is -0.131. The largest absolute Gasteiger partial charge is 0.396 e. The zero-order chi connectivity index (χ0) is 14.6. The van der Waals surface area contributed by atoms with Gasteiger partial charge in [0.25, 0.3) is 5.91 Å². The van der Waals surface area contributed by atoms with E-state index < -0.39 is 0 Å². The summed E-state index contributed by atoms with van der Waals surface area (Å²) < 4.78 is 1.47. The predicted molar refractivity (Wildman–Crippen MR) is 72.5 cm³/mol. The average Bonchev–Trinajstić information content (AvgIpc) is 2.68. The van der Waals surface area contributed by atoms with E-state index in [-0.39, 0.29) is 24.1 Å². The molecule has 0 unspecified atom stereocenters. The standard InChI is InChI=1S/C12H21N5O2/c1-5-17(6-2)10(18)8-15(3)12(19)11-9(13)7-16(4)14-11/h7H,5-6,8,13H2,1-4H3. The van der Waals surface area contributed by atoms with Crippen molar-refractivity contribution < 1.29 is 9.59 Å². The second-order valence-corrected chi connectivity index (χ2v) is 4.33. The van der Waals surface area contributed by atoms with Gasteiger partial charge >= 0.3 is 0 Å². The summed E-state index contributed by atoms with van der Waals surface area (Å²) in [4.78, 5) is 27.0. The SMILES string of the molecule is CCN(CC)C(=O)CN(C)C(=O)c1nn(C)cc1N. The highest BCUT2D eigenvalue weighted by Crippen LogP contribution is 2.10. The van der Waals surface area contributed by atoms with Gasteiger partial charge in [-0.2, -0.15) is 5.10 Å². The highest BCUT2D eigenvalue weighted by atomic mass is 16.2. The maximum absolute atomic E-state index is 12.1. The molecule has 0 saturated carbocycles. The van der Waals surface area contributed by atoms with Gasteiger partial charge in [-0.1, -0.05) is 0 Å². The molecular formula is C12H21N5O2. The first kappa shape index (κ1) is 15.0. The molecule has 2 N–H and O–H groups in total. The molecule has 1 heterocycles. The van der Waals surface area contributed by atoms with E-state index in [4.69, 9.17) is 5.73 Å². The first-order valence-electron chi connectivity index (χ1n) is 6.23. The molecule has 0 bridgehead atoms. The van der Waals surface area contributed by atoms with Gasteiger partial charge in [0.1, 0.15) is 0 Å². The van der Waals surface area contributed by atoms with E-state index in [0.717, 1.165) is 0 Å². The van der Waals surface area contributed by atoms with E-state index in [2.05, 4.69) is 5.10 Å². The van der Waals surface area contributed by atoms with E-state index in [1.807, 2.05) is 13.8 Å². The van der Waals surface area contributed by atoms with Gasteiger partial charge in [-0.15, -0.1) is 0 Å². The smallest absolute Gasteiger partial charge is 0.276 e. The van der Waals surface area contributed by atoms with Crippen LogP contribution in [0.4, 0.5) is 5.69 Å². The van der Waals surface area contributed by atoms with Crippen LogP contribution in [0.15, 0.2) is 6.20 Å². The van der Waals surface area contributed by atoms with E-state index in [1.54, 1.807) is 25.2 Å². The van der Waals surface area contributed by atoms with Gasteiger partial charge in [-0.3, -0.25) is 14.3 Å². The number of anilines is 1. The minimum absolute atomic E-state index is 0.0243.